The number of fused-ring (bicyclic) bond motifs is 3. The van der Waals surface area contributed by atoms with E-state index in [2.05, 4.69) is 5.32 Å². The van der Waals surface area contributed by atoms with Crippen LogP contribution < -0.4 is 11.1 Å². The van der Waals surface area contributed by atoms with E-state index in [1.54, 1.807) is 0 Å². The fourth-order valence-corrected chi connectivity index (χ4v) is 7.06. The molecule has 3 fully saturated rings. The van der Waals surface area contributed by atoms with Crippen molar-refractivity contribution >= 4 is 40.6 Å². The first-order valence-corrected chi connectivity index (χ1v) is 13.2. The number of aliphatic hydroxyl groups is 1. The standard InChI is InChI=1S/C27H31FN4O8/c1-31(2)20-13-8-11-7-12-14(28)9-15(30-16(33)10-32-5-3-4-6-32)21(34)18(12)22(35)17(11)24(37)27(13,40)25(38)19(23(20)36)26(29)39/h9,11,13,17,19-20,34,40H,3-8,10H2,1-2H3,(H2,29,39)(H,30,33)/t11-,13-,17-,19+,20-,27-/m0/s1. The molecule has 5 rings (SSSR count). The number of likely N-dealkylation sites (tertiary alicyclic amines) is 1. The summed E-state index contributed by atoms with van der Waals surface area (Å²) in [4.78, 5) is 81.8. The summed E-state index contributed by atoms with van der Waals surface area (Å²) < 4.78 is 15.3. The number of ketones is 4. The Balaban J connectivity index is 1.53. The zero-order valence-electron chi connectivity index (χ0n) is 22.1. The lowest BCUT2D eigenvalue weighted by atomic mass is 9.52. The lowest BCUT2D eigenvalue weighted by molar-refractivity contribution is -0.181. The summed E-state index contributed by atoms with van der Waals surface area (Å²) >= 11 is 0. The normalized spacial score (nSPS) is 32.1. The molecule has 2 saturated carbocycles. The molecule has 0 bridgehead atoms. The fraction of sp³-hybridized carbons (Fsp3) is 0.556. The van der Waals surface area contributed by atoms with Gasteiger partial charge in [-0.1, -0.05) is 0 Å². The molecule has 4 aliphatic rings. The summed E-state index contributed by atoms with van der Waals surface area (Å²) in [5.74, 6) is -13.8. The maximum atomic E-state index is 15.3. The SMILES string of the molecule is CN(C)[C@@H]1C(=O)[C@@H](C(N)=O)C(=O)[C@@]2(O)C(=O)[C@@H]3C(=O)c4c(O)c(NC(=O)CN5CCCC5)cc(F)c4C[C@H]3C[C@@H]12. The molecule has 1 aromatic carbocycles. The minimum atomic E-state index is -2.87. The van der Waals surface area contributed by atoms with E-state index < -0.39 is 87.4 Å². The highest BCUT2D eigenvalue weighted by molar-refractivity contribution is 6.32. The van der Waals surface area contributed by atoms with Gasteiger partial charge in [-0.05, 0) is 58.8 Å². The number of hydrogen-bond donors (Lipinski definition) is 4. The largest absolute Gasteiger partial charge is 0.505 e. The molecule has 214 valence electrons. The van der Waals surface area contributed by atoms with Crippen molar-refractivity contribution < 1.29 is 43.4 Å². The molecule has 6 atom stereocenters. The zero-order chi connectivity index (χ0) is 29.3. The van der Waals surface area contributed by atoms with Crippen molar-refractivity contribution in [1.29, 1.82) is 0 Å². The third-order valence-corrected chi connectivity index (χ3v) is 8.85. The average Bonchev–Trinajstić information content (AvgIpc) is 3.37. The summed E-state index contributed by atoms with van der Waals surface area (Å²) in [5, 5.41) is 25.0. The number of aromatic hydroxyl groups is 1. The summed E-state index contributed by atoms with van der Waals surface area (Å²) in [5.41, 5.74) is 1.42. The first kappa shape index (κ1) is 28.0. The Morgan fingerprint density at radius 2 is 1.82 bits per heavy atom. The van der Waals surface area contributed by atoms with Gasteiger partial charge >= 0.3 is 0 Å². The topological polar surface area (TPSA) is 187 Å². The summed E-state index contributed by atoms with van der Waals surface area (Å²) in [6, 6.07) is -0.327. The molecular weight excluding hydrogens is 527 g/mol. The van der Waals surface area contributed by atoms with Crippen LogP contribution in [0, 0.1) is 29.5 Å². The Morgan fingerprint density at radius 1 is 1.18 bits per heavy atom. The molecule has 1 aliphatic heterocycles. The van der Waals surface area contributed by atoms with Gasteiger partial charge in [-0.25, -0.2) is 4.39 Å². The van der Waals surface area contributed by atoms with Crippen molar-refractivity contribution in [3.63, 3.8) is 0 Å². The average molecular weight is 559 g/mol. The van der Waals surface area contributed by atoms with E-state index in [0.29, 0.717) is 0 Å². The number of phenols is 1. The van der Waals surface area contributed by atoms with Crippen molar-refractivity contribution in [3.05, 3.63) is 23.0 Å². The Morgan fingerprint density at radius 3 is 2.42 bits per heavy atom. The second kappa shape index (κ2) is 9.82. The molecule has 0 aromatic heterocycles. The molecule has 0 radical (unpaired) electrons. The molecule has 40 heavy (non-hydrogen) atoms. The van der Waals surface area contributed by atoms with Gasteiger partial charge < -0.3 is 21.3 Å². The van der Waals surface area contributed by atoms with E-state index in [-0.39, 0.29) is 30.6 Å². The first-order valence-electron chi connectivity index (χ1n) is 13.2. The highest BCUT2D eigenvalue weighted by atomic mass is 19.1. The molecule has 2 amide bonds. The number of Topliss-reactive ketones (excluding diaryl/α,β-unsaturated/α-hetero) is 4. The predicted molar refractivity (Wildman–Crippen MR) is 136 cm³/mol. The molecular formula is C27H31FN4O8. The number of nitrogens with one attached hydrogen (secondary N) is 1. The van der Waals surface area contributed by atoms with Crippen LogP contribution in [-0.2, 0) is 30.4 Å². The van der Waals surface area contributed by atoms with E-state index in [9.17, 15) is 39.0 Å². The summed E-state index contributed by atoms with van der Waals surface area (Å²) in [6.07, 6.45) is 1.50. The van der Waals surface area contributed by atoms with Crippen molar-refractivity contribution in [1.82, 2.24) is 9.80 Å². The van der Waals surface area contributed by atoms with E-state index in [1.165, 1.54) is 19.0 Å². The number of primary amides is 1. The van der Waals surface area contributed by atoms with Gasteiger partial charge in [0.15, 0.2) is 34.7 Å². The van der Waals surface area contributed by atoms with Crippen LogP contribution in [0.1, 0.15) is 35.2 Å². The number of anilines is 1. The maximum absolute atomic E-state index is 15.3. The number of halogens is 1. The molecule has 12 nitrogen and oxygen atoms in total. The van der Waals surface area contributed by atoms with Gasteiger partial charge in [-0.15, -0.1) is 0 Å². The van der Waals surface area contributed by atoms with Crippen molar-refractivity contribution in [2.75, 3.05) is 39.0 Å². The van der Waals surface area contributed by atoms with Gasteiger partial charge in [0, 0.05) is 17.5 Å². The van der Waals surface area contributed by atoms with E-state index in [4.69, 9.17) is 5.73 Å². The maximum Gasteiger partial charge on any atom is 0.238 e. The van der Waals surface area contributed by atoms with E-state index in [1.807, 2.05) is 4.90 Å². The fourth-order valence-electron chi connectivity index (χ4n) is 7.06. The van der Waals surface area contributed by atoms with Crippen LogP contribution >= 0.6 is 0 Å². The third-order valence-electron chi connectivity index (χ3n) is 8.85. The van der Waals surface area contributed by atoms with Crippen molar-refractivity contribution in [2.45, 2.75) is 37.3 Å². The Labute approximate surface area is 228 Å². The Kier molecular flexibility index (Phi) is 6.87. The quantitative estimate of drug-likeness (QED) is 0.259. The molecule has 0 unspecified atom stereocenters. The number of nitrogens with zero attached hydrogens (tertiary/aromatic N) is 2. The Hall–Kier alpha value is -3.55. The van der Waals surface area contributed by atoms with Crippen LogP contribution in [0.25, 0.3) is 0 Å². The number of hydrogen-bond acceptors (Lipinski definition) is 10. The van der Waals surface area contributed by atoms with Gasteiger partial charge in [0.05, 0.1) is 29.8 Å². The smallest absolute Gasteiger partial charge is 0.238 e. The number of phenolic OH excluding ortho intramolecular Hbond substituents is 1. The molecule has 1 heterocycles. The number of benzene rings is 1. The monoisotopic (exact) mass is 558 g/mol. The molecule has 1 aromatic rings. The highest BCUT2D eigenvalue weighted by Crippen LogP contribution is 2.51. The van der Waals surface area contributed by atoms with Crippen molar-refractivity contribution in [3.8, 4) is 5.75 Å². The minimum Gasteiger partial charge on any atom is -0.505 e. The summed E-state index contributed by atoms with van der Waals surface area (Å²) in [7, 11) is 2.96. The van der Waals surface area contributed by atoms with Crippen LogP contribution in [0.4, 0.5) is 10.1 Å². The second-order valence-electron chi connectivity index (χ2n) is 11.4. The number of rotatable bonds is 5. The van der Waals surface area contributed by atoms with Gasteiger partial charge in [0.2, 0.25) is 11.8 Å². The summed E-state index contributed by atoms with van der Waals surface area (Å²) in [6.45, 7) is 1.46. The number of amides is 2. The Bertz CT molecular complexity index is 1360. The molecule has 1 saturated heterocycles. The predicted octanol–water partition coefficient (Wildman–Crippen LogP) is -0.960. The molecule has 3 aliphatic carbocycles. The van der Waals surface area contributed by atoms with Crippen LogP contribution in [0.5, 0.6) is 5.75 Å². The number of carbonyl (C=O) groups excluding carboxylic acids is 6. The lowest BCUT2D eigenvalue weighted by Crippen LogP contribution is -2.74. The van der Waals surface area contributed by atoms with Crippen LogP contribution in [0.15, 0.2) is 6.07 Å². The van der Waals surface area contributed by atoms with Crippen LogP contribution in [-0.4, -0.2) is 100 Å². The van der Waals surface area contributed by atoms with Gasteiger partial charge in [0.1, 0.15) is 11.6 Å². The van der Waals surface area contributed by atoms with Gasteiger partial charge in [-0.3, -0.25) is 38.6 Å². The zero-order valence-corrected chi connectivity index (χ0v) is 22.1. The van der Waals surface area contributed by atoms with Crippen molar-refractivity contribution in [2.24, 2.45) is 29.4 Å². The minimum absolute atomic E-state index is 0.0125. The number of likely N-dealkylation sites (N-methyl/N-ethyl adjacent to an activating group) is 1. The molecule has 0 spiro atoms. The van der Waals surface area contributed by atoms with Gasteiger partial charge in [0.25, 0.3) is 0 Å². The van der Waals surface area contributed by atoms with Crippen LogP contribution in [0.3, 0.4) is 0 Å². The number of carbonyl (C=O) groups is 6. The number of nitrogens with two attached hydrogens (primary N) is 1. The van der Waals surface area contributed by atoms with Gasteiger partial charge in [-0.2, -0.15) is 0 Å². The third kappa shape index (κ3) is 4.06. The van der Waals surface area contributed by atoms with E-state index in [0.717, 1.165) is 32.0 Å². The molecule has 5 N–H and O–H groups in total. The van der Waals surface area contributed by atoms with Crippen LogP contribution in [0.2, 0.25) is 0 Å². The highest BCUT2D eigenvalue weighted by Gasteiger charge is 2.69. The molecule has 13 heteroatoms. The first-order chi connectivity index (χ1) is 18.8. The lowest BCUT2D eigenvalue weighted by Gasteiger charge is -2.52. The second-order valence-corrected chi connectivity index (χ2v) is 11.4. The van der Waals surface area contributed by atoms with E-state index >= 15 is 4.39 Å².